The fourth-order valence-electron chi connectivity index (χ4n) is 5.14. The zero-order valence-corrected chi connectivity index (χ0v) is 17.9. The molecule has 8 nitrogen and oxygen atoms in total. The molecule has 1 aliphatic heterocycles. The van der Waals surface area contributed by atoms with E-state index >= 15 is 0 Å². The summed E-state index contributed by atoms with van der Waals surface area (Å²) in [4.78, 5) is 27.3. The minimum absolute atomic E-state index is 0.235. The van der Waals surface area contributed by atoms with Crippen molar-refractivity contribution >= 4 is 28.3 Å². The quantitative estimate of drug-likeness (QED) is 0.673. The smallest absolute Gasteiger partial charge is 0.290 e. The van der Waals surface area contributed by atoms with Crippen molar-refractivity contribution in [3.63, 3.8) is 0 Å². The Morgan fingerprint density at radius 3 is 2.84 bits per heavy atom. The molecule has 2 aliphatic rings. The van der Waals surface area contributed by atoms with E-state index in [2.05, 4.69) is 21.4 Å². The van der Waals surface area contributed by atoms with Crippen LogP contribution in [0, 0.1) is 5.92 Å². The molecular formula is C23H28N6O2. The normalized spacial score (nSPS) is 16.7. The summed E-state index contributed by atoms with van der Waals surface area (Å²) in [6.07, 6.45) is 7.61. The van der Waals surface area contributed by atoms with E-state index in [1.807, 2.05) is 24.0 Å². The van der Waals surface area contributed by atoms with E-state index in [1.165, 1.54) is 32.1 Å². The topological polar surface area (TPSA) is 110 Å². The zero-order chi connectivity index (χ0) is 21.5. The van der Waals surface area contributed by atoms with Crippen LogP contribution < -0.4 is 16.2 Å². The van der Waals surface area contributed by atoms with Crippen LogP contribution >= 0.6 is 0 Å². The van der Waals surface area contributed by atoms with Gasteiger partial charge in [0.1, 0.15) is 11.2 Å². The van der Waals surface area contributed by atoms with Crippen molar-refractivity contribution in [3.05, 3.63) is 34.1 Å². The summed E-state index contributed by atoms with van der Waals surface area (Å²) in [6, 6.07) is 6.04. The summed E-state index contributed by atoms with van der Waals surface area (Å²) in [5.74, 6) is 1.02. The molecule has 2 aromatic heterocycles. The van der Waals surface area contributed by atoms with Gasteiger partial charge in [-0.05, 0) is 49.8 Å². The molecule has 3 heterocycles. The lowest BCUT2D eigenvalue weighted by Gasteiger charge is -2.24. The third-order valence-electron chi connectivity index (χ3n) is 6.74. The first-order chi connectivity index (χ1) is 15.1. The van der Waals surface area contributed by atoms with Crippen LogP contribution in [-0.2, 0) is 17.8 Å². The van der Waals surface area contributed by atoms with Crippen molar-refractivity contribution in [1.29, 1.82) is 0 Å². The van der Waals surface area contributed by atoms with E-state index in [1.54, 1.807) is 4.68 Å². The van der Waals surface area contributed by atoms with Gasteiger partial charge in [0, 0.05) is 30.8 Å². The lowest BCUT2D eigenvalue weighted by molar-refractivity contribution is -0.119. The second-order valence-corrected chi connectivity index (χ2v) is 8.67. The van der Waals surface area contributed by atoms with Crippen molar-refractivity contribution in [1.82, 2.24) is 20.0 Å². The number of rotatable bonds is 4. The van der Waals surface area contributed by atoms with E-state index in [9.17, 15) is 9.59 Å². The number of aromatic nitrogens is 4. The number of aromatic amines is 1. The van der Waals surface area contributed by atoms with Gasteiger partial charge in [0.05, 0.1) is 5.39 Å². The van der Waals surface area contributed by atoms with E-state index in [0.717, 1.165) is 29.8 Å². The van der Waals surface area contributed by atoms with E-state index < -0.39 is 0 Å². The molecule has 1 aromatic carbocycles. The molecule has 0 spiro atoms. The third kappa shape index (κ3) is 3.40. The van der Waals surface area contributed by atoms with E-state index in [-0.39, 0.29) is 17.3 Å². The maximum absolute atomic E-state index is 13.0. The van der Waals surface area contributed by atoms with Gasteiger partial charge >= 0.3 is 0 Å². The number of carbonyl (C=O) groups is 1. The average molecular weight is 421 g/mol. The van der Waals surface area contributed by atoms with Crippen LogP contribution in [0.25, 0.3) is 22.2 Å². The largest absolute Gasteiger partial charge is 0.382 e. The molecule has 162 valence electrons. The second-order valence-electron chi connectivity index (χ2n) is 8.67. The summed E-state index contributed by atoms with van der Waals surface area (Å²) >= 11 is 0. The van der Waals surface area contributed by atoms with Crippen LogP contribution in [0.2, 0.25) is 0 Å². The molecule has 0 saturated heterocycles. The Bertz CT molecular complexity index is 1200. The van der Waals surface area contributed by atoms with Crippen LogP contribution in [0.4, 0.5) is 11.5 Å². The zero-order valence-electron chi connectivity index (χ0n) is 17.9. The van der Waals surface area contributed by atoms with E-state index in [4.69, 9.17) is 5.73 Å². The van der Waals surface area contributed by atoms with Crippen LogP contribution in [0.1, 0.15) is 51.0 Å². The third-order valence-corrected chi connectivity index (χ3v) is 6.74. The molecule has 5 rings (SSSR count). The number of amides is 1. The van der Waals surface area contributed by atoms with Gasteiger partial charge in [-0.1, -0.05) is 25.3 Å². The average Bonchev–Trinajstić information content (AvgIpc) is 3.39. The first-order valence-corrected chi connectivity index (χ1v) is 11.2. The van der Waals surface area contributed by atoms with Crippen molar-refractivity contribution < 1.29 is 4.79 Å². The number of hydrogen-bond donors (Lipinski definition) is 2. The van der Waals surface area contributed by atoms with Crippen molar-refractivity contribution in [2.45, 2.75) is 58.4 Å². The molecule has 1 fully saturated rings. The van der Waals surface area contributed by atoms with Gasteiger partial charge in [0.15, 0.2) is 5.82 Å². The van der Waals surface area contributed by atoms with E-state index in [0.29, 0.717) is 35.5 Å². The molecule has 0 radical (unpaired) electrons. The highest BCUT2D eigenvalue weighted by molar-refractivity contribution is 6.01. The monoisotopic (exact) mass is 420 g/mol. The second kappa shape index (κ2) is 7.83. The van der Waals surface area contributed by atoms with Gasteiger partial charge in [0.2, 0.25) is 5.91 Å². The van der Waals surface area contributed by atoms with Gasteiger partial charge in [-0.3, -0.25) is 14.3 Å². The molecule has 1 aliphatic carbocycles. The van der Waals surface area contributed by atoms with Crippen molar-refractivity contribution in [2.75, 3.05) is 17.2 Å². The summed E-state index contributed by atoms with van der Waals surface area (Å²) in [5, 5.41) is 11.6. The molecule has 31 heavy (non-hydrogen) atoms. The Morgan fingerprint density at radius 2 is 2.06 bits per heavy atom. The molecule has 1 saturated carbocycles. The number of nitrogens with two attached hydrogens (primary N) is 1. The highest BCUT2D eigenvalue weighted by atomic mass is 16.2. The summed E-state index contributed by atoms with van der Waals surface area (Å²) in [6.45, 7) is 3.21. The Labute approximate surface area is 180 Å². The van der Waals surface area contributed by atoms with Crippen LogP contribution in [0.15, 0.2) is 23.0 Å². The van der Waals surface area contributed by atoms with Crippen LogP contribution in [0.3, 0.4) is 0 Å². The minimum atomic E-state index is -0.301. The summed E-state index contributed by atoms with van der Waals surface area (Å²) in [5.41, 5.74) is 9.91. The van der Waals surface area contributed by atoms with Gasteiger partial charge < -0.3 is 10.6 Å². The Kier molecular flexibility index (Phi) is 5.00. The standard InChI is InChI=1S/C23H28N6O2/c1-2-29-21-19(22(24)25-26-23(21)31)20(27-29)16-8-9-17-15(13-16)10-11-28(17)18(30)12-14-6-4-3-5-7-14/h8-9,13-14H,2-7,10-12H2,1H3,(H2,24,25)(H,26,31). The number of H-pyrrole nitrogens is 1. The summed E-state index contributed by atoms with van der Waals surface area (Å²) in [7, 11) is 0. The number of hydrogen-bond acceptors (Lipinski definition) is 5. The molecule has 8 heteroatoms. The molecule has 0 atom stereocenters. The number of aryl methyl sites for hydroxylation is 1. The highest BCUT2D eigenvalue weighted by Crippen LogP contribution is 2.36. The van der Waals surface area contributed by atoms with Gasteiger partial charge in [-0.2, -0.15) is 10.2 Å². The molecular weight excluding hydrogens is 392 g/mol. The number of nitrogens with one attached hydrogen (secondary N) is 1. The fourth-order valence-corrected chi connectivity index (χ4v) is 5.14. The predicted octanol–water partition coefficient (Wildman–Crippen LogP) is 3.25. The van der Waals surface area contributed by atoms with Crippen LogP contribution in [-0.4, -0.2) is 32.4 Å². The van der Waals surface area contributed by atoms with Gasteiger partial charge in [-0.15, -0.1) is 0 Å². The minimum Gasteiger partial charge on any atom is -0.382 e. The number of anilines is 2. The maximum atomic E-state index is 13.0. The molecule has 0 unspecified atom stereocenters. The molecule has 3 N–H and O–H groups in total. The van der Waals surface area contributed by atoms with Gasteiger partial charge in [-0.25, -0.2) is 5.10 Å². The molecule has 3 aromatic rings. The summed E-state index contributed by atoms with van der Waals surface area (Å²) < 4.78 is 1.66. The molecule has 0 bridgehead atoms. The maximum Gasteiger partial charge on any atom is 0.290 e. The van der Waals surface area contributed by atoms with Crippen LogP contribution in [0.5, 0.6) is 0 Å². The number of carbonyl (C=O) groups excluding carboxylic acids is 1. The first kappa shape index (κ1) is 19.8. The molecule has 1 amide bonds. The van der Waals surface area contributed by atoms with Gasteiger partial charge in [0.25, 0.3) is 5.56 Å². The Hall–Kier alpha value is -3.16. The Balaban J connectivity index is 1.48. The highest BCUT2D eigenvalue weighted by Gasteiger charge is 2.28. The predicted molar refractivity (Wildman–Crippen MR) is 121 cm³/mol. The lowest BCUT2D eigenvalue weighted by atomic mass is 9.86. The lowest BCUT2D eigenvalue weighted by Crippen LogP contribution is -2.30. The fraction of sp³-hybridized carbons (Fsp3) is 0.478. The van der Waals surface area contributed by atoms with Crippen molar-refractivity contribution in [3.8, 4) is 11.3 Å². The number of benzene rings is 1. The number of nitrogen functional groups attached to an aromatic ring is 1. The Morgan fingerprint density at radius 1 is 1.26 bits per heavy atom. The number of fused-ring (bicyclic) bond motifs is 2. The van der Waals surface area contributed by atoms with Crippen molar-refractivity contribution in [2.24, 2.45) is 5.92 Å². The first-order valence-electron chi connectivity index (χ1n) is 11.2. The SMILES string of the molecule is CCn1nc(-c2ccc3c(c2)CCN3C(=O)CC2CCCCC2)c2c(N)n[nH]c(=O)c21. The number of nitrogens with zero attached hydrogens (tertiary/aromatic N) is 4.